The second-order valence-electron chi connectivity index (χ2n) is 6.22. The van der Waals surface area contributed by atoms with Gasteiger partial charge in [-0.3, -0.25) is 9.59 Å². The summed E-state index contributed by atoms with van der Waals surface area (Å²) >= 11 is 3.38. The molecular formula is C20H21BrN2O3. The zero-order valence-electron chi connectivity index (χ0n) is 14.7. The van der Waals surface area contributed by atoms with E-state index in [1.807, 2.05) is 36.4 Å². The standard InChI is InChI=1S/C20H21BrN2O3/c1-22(13-14-26-18-10-6-16(21)7-11-18)20(25)15-4-8-17(9-5-15)23-12-2-3-19(23)24/h4-11H,2-3,12-14H2,1H3. The number of carbonyl (C=O) groups excluding carboxylic acids is 2. The lowest BCUT2D eigenvalue weighted by atomic mass is 10.1. The second-order valence-corrected chi connectivity index (χ2v) is 7.14. The van der Waals surface area contributed by atoms with Gasteiger partial charge in [0, 0.05) is 35.7 Å². The highest BCUT2D eigenvalue weighted by molar-refractivity contribution is 9.10. The molecule has 26 heavy (non-hydrogen) atoms. The van der Waals surface area contributed by atoms with Crippen molar-refractivity contribution in [3.05, 3.63) is 58.6 Å². The van der Waals surface area contributed by atoms with Crippen LogP contribution in [0.2, 0.25) is 0 Å². The van der Waals surface area contributed by atoms with Gasteiger partial charge in [0.1, 0.15) is 12.4 Å². The molecule has 0 N–H and O–H groups in total. The molecule has 2 amide bonds. The van der Waals surface area contributed by atoms with Crippen molar-refractivity contribution >= 4 is 33.4 Å². The summed E-state index contributed by atoms with van der Waals surface area (Å²) in [5.41, 5.74) is 1.46. The Kier molecular flexibility index (Phi) is 5.93. The quantitative estimate of drug-likeness (QED) is 0.720. The first-order valence-corrected chi connectivity index (χ1v) is 9.38. The van der Waals surface area contributed by atoms with Crippen LogP contribution in [0.1, 0.15) is 23.2 Å². The van der Waals surface area contributed by atoms with Gasteiger partial charge in [-0.25, -0.2) is 0 Å². The number of rotatable bonds is 6. The van der Waals surface area contributed by atoms with E-state index in [0.717, 1.165) is 28.9 Å². The minimum Gasteiger partial charge on any atom is -0.492 e. The molecule has 0 radical (unpaired) electrons. The Hall–Kier alpha value is -2.34. The van der Waals surface area contributed by atoms with E-state index in [0.29, 0.717) is 25.1 Å². The van der Waals surface area contributed by atoms with Crippen molar-refractivity contribution < 1.29 is 14.3 Å². The molecule has 1 saturated heterocycles. The summed E-state index contributed by atoms with van der Waals surface area (Å²) < 4.78 is 6.65. The molecule has 2 aromatic rings. The molecular weight excluding hydrogens is 396 g/mol. The molecule has 1 aliphatic rings. The van der Waals surface area contributed by atoms with Gasteiger partial charge in [-0.2, -0.15) is 0 Å². The number of anilines is 1. The van der Waals surface area contributed by atoms with Crippen LogP contribution in [-0.2, 0) is 4.79 Å². The molecule has 0 atom stereocenters. The van der Waals surface area contributed by atoms with Crippen molar-refractivity contribution in [2.45, 2.75) is 12.8 Å². The second kappa shape index (κ2) is 8.36. The first-order valence-electron chi connectivity index (χ1n) is 8.59. The van der Waals surface area contributed by atoms with Crippen molar-refractivity contribution in [2.24, 2.45) is 0 Å². The number of ether oxygens (including phenoxy) is 1. The monoisotopic (exact) mass is 416 g/mol. The van der Waals surface area contributed by atoms with E-state index < -0.39 is 0 Å². The average Bonchev–Trinajstić information content (AvgIpc) is 3.09. The van der Waals surface area contributed by atoms with Gasteiger partial charge >= 0.3 is 0 Å². The van der Waals surface area contributed by atoms with Gasteiger partial charge in [0.15, 0.2) is 0 Å². The summed E-state index contributed by atoms with van der Waals surface area (Å²) in [5, 5.41) is 0. The SMILES string of the molecule is CN(CCOc1ccc(Br)cc1)C(=O)c1ccc(N2CCCC2=O)cc1. The predicted molar refractivity (Wildman–Crippen MR) is 105 cm³/mol. The van der Waals surface area contributed by atoms with E-state index in [-0.39, 0.29) is 11.8 Å². The molecule has 0 aromatic heterocycles. The number of hydrogen-bond acceptors (Lipinski definition) is 3. The van der Waals surface area contributed by atoms with Gasteiger partial charge in [-0.05, 0) is 55.0 Å². The Bertz CT molecular complexity index is 775. The van der Waals surface area contributed by atoms with Crippen LogP contribution in [-0.4, -0.2) is 43.5 Å². The lowest BCUT2D eigenvalue weighted by Gasteiger charge is -2.19. The minimum atomic E-state index is -0.0660. The third kappa shape index (κ3) is 4.43. The van der Waals surface area contributed by atoms with Gasteiger partial charge in [-0.15, -0.1) is 0 Å². The normalized spacial score (nSPS) is 13.8. The van der Waals surface area contributed by atoms with Gasteiger partial charge in [-0.1, -0.05) is 15.9 Å². The van der Waals surface area contributed by atoms with Crippen molar-refractivity contribution in [3.8, 4) is 5.75 Å². The van der Waals surface area contributed by atoms with Crippen LogP contribution in [0, 0.1) is 0 Å². The molecule has 3 rings (SSSR count). The maximum atomic E-state index is 12.5. The number of benzene rings is 2. The first kappa shape index (κ1) is 18.5. The molecule has 0 bridgehead atoms. The molecule has 0 unspecified atom stereocenters. The van der Waals surface area contributed by atoms with Crippen LogP contribution < -0.4 is 9.64 Å². The summed E-state index contributed by atoms with van der Waals surface area (Å²) in [7, 11) is 1.76. The van der Waals surface area contributed by atoms with E-state index >= 15 is 0 Å². The average molecular weight is 417 g/mol. The summed E-state index contributed by atoms with van der Waals surface area (Å²) in [6, 6.07) is 14.8. The Morgan fingerprint density at radius 3 is 2.46 bits per heavy atom. The van der Waals surface area contributed by atoms with Crippen molar-refractivity contribution in [1.29, 1.82) is 0 Å². The number of carbonyl (C=O) groups is 2. The predicted octanol–water partition coefficient (Wildman–Crippen LogP) is 3.73. The van der Waals surface area contributed by atoms with E-state index in [2.05, 4.69) is 15.9 Å². The van der Waals surface area contributed by atoms with Crippen LogP contribution >= 0.6 is 15.9 Å². The lowest BCUT2D eigenvalue weighted by Crippen LogP contribution is -2.31. The fraction of sp³-hybridized carbons (Fsp3) is 0.300. The van der Waals surface area contributed by atoms with Crippen molar-refractivity contribution in [2.75, 3.05) is 31.6 Å². The molecule has 5 nitrogen and oxygen atoms in total. The van der Waals surface area contributed by atoms with Crippen molar-refractivity contribution in [1.82, 2.24) is 4.90 Å². The molecule has 1 aliphatic heterocycles. The Balaban J connectivity index is 1.52. The van der Waals surface area contributed by atoms with Crippen LogP contribution in [0.5, 0.6) is 5.75 Å². The van der Waals surface area contributed by atoms with Gasteiger partial charge < -0.3 is 14.5 Å². The fourth-order valence-electron chi connectivity index (χ4n) is 2.86. The molecule has 0 saturated carbocycles. The van der Waals surface area contributed by atoms with Gasteiger partial charge in [0.2, 0.25) is 5.91 Å². The van der Waals surface area contributed by atoms with E-state index in [1.165, 1.54) is 0 Å². The maximum absolute atomic E-state index is 12.5. The molecule has 0 aliphatic carbocycles. The number of hydrogen-bond donors (Lipinski definition) is 0. The molecule has 0 spiro atoms. The number of halogens is 1. The van der Waals surface area contributed by atoms with Crippen LogP contribution in [0.4, 0.5) is 5.69 Å². The third-order valence-electron chi connectivity index (χ3n) is 4.36. The minimum absolute atomic E-state index is 0.0660. The number of likely N-dealkylation sites (N-methyl/N-ethyl adjacent to an activating group) is 1. The van der Waals surface area contributed by atoms with Gasteiger partial charge in [0.05, 0.1) is 6.54 Å². The Morgan fingerprint density at radius 1 is 1.15 bits per heavy atom. The van der Waals surface area contributed by atoms with E-state index in [4.69, 9.17) is 4.74 Å². The largest absolute Gasteiger partial charge is 0.492 e. The third-order valence-corrected chi connectivity index (χ3v) is 4.88. The molecule has 1 fully saturated rings. The van der Waals surface area contributed by atoms with Gasteiger partial charge in [0.25, 0.3) is 5.91 Å². The van der Waals surface area contributed by atoms with Crippen molar-refractivity contribution in [3.63, 3.8) is 0 Å². The lowest BCUT2D eigenvalue weighted by molar-refractivity contribution is -0.117. The van der Waals surface area contributed by atoms with Crippen LogP contribution in [0.3, 0.4) is 0 Å². The Morgan fingerprint density at radius 2 is 1.85 bits per heavy atom. The topological polar surface area (TPSA) is 49.9 Å². The molecule has 1 heterocycles. The maximum Gasteiger partial charge on any atom is 0.253 e. The number of nitrogens with zero attached hydrogens (tertiary/aromatic N) is 2. The van der Waals surface area contributed by atoms with E-state index in [9.17, 15) is 9.59 Å². The van der Waals surface area contributed by atoms with Crippen LogP contribution in [0.15, 0.2) is 53.0 Å². The van der Waals surface area contributed by atoms with E-state index in [1.54, 1.807) is 29.0 Å². The smallest absolute Gasteiger partial charge is 0.253 e. The summed E-state index contributed by atoms with van der Waals surface area (Å²) in [6.07, 6.45) is 1.49. The summed E-state index contributed by atoms with van der Waals surface area (Å²) in [5.74, 6) is 0.851. The summed E-state index contributed by atoms with van der Waals surface area (Å²) in [6.45, 7) is 1.66. The zero-order chi connectivity index (χ0) is 18.5. The van der Waals surface area contributed by atoms with Crippen LogP contribution in [0.25, 0.3) is 0 Å². The first-order chi connectivity index (χ1) is 12.5. The molecule has 136 valence electrons. The molecule has 2 aromatic carbocycles. The molecule has 6 heteroatoms. The fourth-order valence-corrected chi connectivity index (χ4v) is 3.12. The highest BCUT2D eigenvalue weighted by atomic mass is 79.9. The Labute approximate surface area is 161 Å². The highest BCUT2D eigenvalue weighted by Gasteiger charge is 2.22. The zero-order valence-corrected chi connectivity index (χ0v) is 16.2. The number of amides is 2. The highest BCUT2D eigenvalue weighted by Crippen LogP contribution is 2.22. The summed E-state index contributed by atoms with van der Waals surface area (Å²) in [4.78, 5) is 27.7.